The average molecular weight is 731 g/mol. The van der Waals surface area contributed by atoms with Gasteiger partial charge in [-0.1, -0.05) is 127 Å². The second-order valence-corrected chi connectivity index (χ2v) is 15.9. The van der Waals surface area contributed by atoms with Gasteiger partial charge in [0, 0.05) is 69.1 Å². The second kappa shape index (κ2) is 11.2. The molecule has 0 saturated heterocycles. The molecule has 9 aromatic carbocycles. The summed E-state index contributed by atoms with van der Waals surface area (Å²) >= 11 is 1.85. The van der Waals surface area contributed by atoms with E-state index in [1.54, 1.807) is 0 Å². The van der Waals surface area contributed by atoms with Crippen molar-refractivity contribution in [3.05, 3.63) is 182 Å². The molecule has 4 heterocycles. The number of para-hydroxylation sites is 3. The Morgan fingerprint density at radius 3 is 1.98 bits per heavy atom. The minimum Gasteiger partial charge on any atom is -0.455 e. The monoisotopic (exact) mass is 730 g/mol. The topological polar surface area (TPSA) is 23.0 Å². The molecule has 0 fully saturated rings. The first-order chi connectivity index (χ1) is 27.8. The summed E-state index contributed by atoms with van der Waals surface area (Å²) in [6.07, 6.45) is 0. The van der Waals surface area contributed by atoms with Crippen LogP contribution in [0.2, 0.25) is 0 Å². The zero-order valence-corrected chi connectivity index (χ0v) is 30.8. The Labute approximate surface area is 324 Å². The Hall–Kier alpha value is -7.14. The van der Waals surface area contributed by atoms with E-state index in [0.29, 0.717) is 0 Å². The van der Waals surface area contributed by atoms with E-state index in [0.717, 1.165) is 33.2 Å². The molecule has 0 bridgehead atoms. The Morgan fingerprint density at radius 2 is 1.07 bits per heavy atom. The Morgan fingerprint density at radius 1 is 0.393 bits per heavy atom. The number of furan rings is 1. The van der Waals surface area contributed by atoms with Crippen LogP contribution in [0.25, 0.3) is 119 Å². The number of thiophene rings is 1. The number of benzene rings is 9. The summed E-state index contributed by atoms with van der Waals surface area (Å²) in [7, 11) is 0. The van der Waals surface area contributed by atoms with Crippen LogP contribution >= 0.6 is 11.3 Å². The molecule has 0 unspecified atom stereocenters. The van der Waals surface area contributed by atoms with E-state index in [-0.39, 0.29) is 0 Å². The van der Waals surface area contributed by atoms with Crippen molar-refractivity contribution in [1.29, 1.82) is 0 Å². The lowest BCUT2D eigenvalue weighted by Gasteiger charge is -2.12. The smallest absolute Gasteiger partial charge is 0.143 e. The van der Waals surface area contributed by atoms with Crippen LogP contribution in [0.5, 0.6) is 0 Å². The third-order valence-corrected chi connectivity index (χ3v) is 13.0. The van der Waals surface area contributed by atoms with Gasteiger partial charge in [-0.25, -0.2) is 0 Å². The third kappa shape index (κ3) is 4.01. The van der Waals surface area contributed by atoms with E-state index >= 15 is 0 Å². The number of rotatable bonds is 3. The summed E-state index contributed by atoms with van der Waals surface area (Å²) in [6.45, 7) is 0. The molecule has 13 aromatic rings. The first-order valence-electron chi connectivity index (χ1n) is 19.1. The Bertz CT molecular complexity index is 3770. The van der Waals surface area contributed by atoms with Crippen LogP contribution in [0.1, 0.15) is 0 Å². The van der Waals surface area contributed by atoms with E-state index < -0.39 is 0 Å². The highest BCUT2D eigenvalue weighted by Crippen LogP contribution is 2.46. The quantitative estimate of drug-likeness (QED) is 0.177. The standard InChI is InChI=1S/C52H30N2OS/c1-2-14-33-31(12-1)13-9-23-42(33)54-44-22-7-4-16-39(44)50-45(54)28-27-36-34-15-3-6-21-43(34)53(51(36)50)32-26-29-46-41(30-32)38-20-10-19-37(52(38)55-46)35-18-11-25-48-49(35)40-17-5-8-24-47(40)56-48/h1-30H. The maximum atomic E-state index is 6.83. The first kappa shape index (κ1) is 30.2. The summed E-state index contributed by atoms with van der Waals surface area (Å²) in [5.41, 5.74) is 11.2. The van der Waals surface area contributed by atoms with Crippen molar-refractivity contribution in [2.45, 2.75) is 0 Å². The van der Waals surface area contributed by atoms with Gasteiger partial charge in [-0.3, -0.25) is 0 Å². The van der Waals surface area contributed by atoms with Gasteiger partial charge in [0.15, 0.2) is 0 Å². The summed E-state index contributed by atoms with van der Waals surface area (Å²) in [6, 6.07) is 66.4. The van der Waals surface area contributed by atoms with Crippen LogP contribution in [0.4, 0.5) is 0 Å². The third-order valence-electron chi connectivity index (χ3n) is 11.9. The van der Waals surface area contributed by atoms with Crippen LogP contribution in [0.3, 0.4) is 0 Å². The molecule has 0 aliphatic heterocycles. The van der Waals surface area contributed by atoms with Crippen LogP contribution < -0.4 is 0 Å². The number of aromatic nitrogens is 2. The Kier molecular flexibility index (Phi) is 6.04. The van der Waals surface area contributed by atoms with Gasteiger partial charge in [-0.05, 0) is 65.5 Å². The molecule has 0 radical (unpaired) electrons. The minimum absolute atomic E-state index is 0.886. The van der Waals surface area contributed by atoms with Gasteiger partial charge in [0.1, 0.15) is 11.2 Å². The van der Waals surface area contributed by atoms with E-state index in [1.165, 1.54) is 85.8 Å². The molecule has 0 N–H and O–H groups in total. The number of hydrogen-bond acceptors (Lipinski definition) is 2. The van der Waals surface area contributed by atoms with Gasteiger partial charge in [0.05, 0.1) is 27.8 Å². The number of hydrogen-bond donors (Lipinski definition) is 0. The molecular formula is C52H30N2OS. The molecule has 0 aliphatic rings. The fraction of sp³-hybridized carbons (Fsp3) is 0. The van der Waals surface area contributed by atoms with Crippen LogP contribution in [-0.2, 0) is 0 Å². The molecule has 0 atom stereocenters. The molecule has 0 saturated carbocycles. The highest BCUT2D eigenvalue weighted by molar-refractivity contribution is 7.25. The van der Waals surface area contributed by atoms with Gasteiger partial charge in [-0.2, -0.15) is 0 Å². The van der Waals surface area contributed by atoms with Gasteiger partial charge >= 0.3 is 0 Å². The normalized spacial score (nSPS) is 12.3. The lowest BCUT2D eigenvalue weighted by molar-refractivity contribution is 0.670. The highest BCUT2D eigenvalue weighted by Gasteiger charge is 2.23. The van der Waals surface area contributed by atoms with Crippen LogP contribution in [-0.4, -0.2) is 9.13 Å². The SMILES string of the molecule is c1ccc2c(-n3c4ccccc4c4c3ccc3c5ccccc5n(-c5ccc6oc7c(-c8cccc9sc%10ccccc%10c89)cccc7c6c5)c34)cccc2c1. The van der Waals surface area contributed by atoms with Gasteiger partial charge in [0.2, 0.25) is 0 Å². The molecule has 0 amide bonds. The van der Waals surface area contributed by atoms with Crippen molar-refractivity contribution >= 4 is 108 Å². The maximum absolute atomic E-state index is 6.83. The highest BCUT2D eigenvalue weighted by atomic mass is 32.1. The average Bonchev–Trinajstić information content (AvgIpc) is 4.01. The second-order valence-electron chi connectivity index (χ2n) is 14.8. The molecule has 56 heavy (non-hydrogen) atoms. The summed E-state index contributed by atoms with van der Waals surface area (Å²) in [5, 5.41) is 12.2. The van der Waals surface area contributed by atoms with Crippen molar-refractivity contribution in [2.24, 2.45) is 0 Å². The summed E-state index contributed by atoms with van der Waals surface area (Å²) < 4.78 is 14.4. The lowest BCUT2D eigenvalue weighted by atomic mass is 9.97. The largest absolute Gasteiger partial charge is 0.455 e. The molecule has 3 nitrogen and oxygen atoms in total. The molecule has 0 spiro atoms. The van der Waals surface area contributed by atoms with Crippen LogP contribution in [0, 0.1) is 0 Å². The van der Waals surface area contributed by atoms with Gasteiger partial charge < -0.3 is 13.6 Å². The van der Waals surface area contributed by atoms with Crippen molar-refractivity contribution in [3.8, 4) is 22.5 Å². The molecular weight excluding hydrogens is 701 g/mol. The minimum atomic E-state index is 0.886. The number of fused-ring (bicyclic) bond motifs is 14. The van der Waals surface area contributed by atoms with Crippen molar-refractivity contribution in [2.75, 3.05) is 0 Å². The van der Waals surface area contributed by atoms with E-state index in [2.05, 4.69) is 191 Å². The summed E-state index contributed by atoms with van der Waals surface area (Å²) in [4.78, 5) is 0. The fourth-order valence-corrected chi connectivity index (χ4v) is 10.7. The zero-order chi connectivity index (χ0) is 36.5. The predicted octanol–water partition coefficient (Wildman–Crippen LogP) is 15.0. The molecule has 260 valence electrons. The lowest BCUT2D eigenvalue weighted by Crippen LogP contribution is -1.96. The van der Waals surface area contributed by atoms with Gasteiger partial charge in [0.25, 0.3) is 0 Å². The van der Waals surface area contributed by atoms with E-state index in [9.17, 15) is 0 Å². The predicted molar refractivity (Wildman–Crippen MR) is 238 cm³/mol. The molecule has 4 aromatic heterocycles. The fourth-order valence-electron chi connectivity index (χ4n) is 9.58. The van der Waals surface area contributed by atoms with Crippen molar-refractivity contribution in [3.63, 3.8) is 0 Å². The van der Waals surface area contributed by atoms with Crippen molar-refractivity contribution in [1.82, 2.24) is 9.13 Å². The van der Waals surface area contributed by atoms with Crippen LogP contribution in [0.15, 0.2) is 186 Å². The summed E-state index contributed by atoms with van der Waals surface area (Å²) in [5.74, 6) is 0. The van der Waals surface area contributed by atoms with E-state index in [4.69, 9.17) is 4.42 Å². The first-order valence-corrected chi connectivity index (χ1v) is 19.9. The van der Waals surface area contributed by atoms with E-state index in [1.807, 2.05) is 11.3 Å². The molecule has 4 heteroatoms. The molecule has 0 aliphatic carbocycles. The maximum Gasteiger partial charge on any atom is 0.143 e. The Balaban J connectivity index is 1.10. The number of nitrogens with zero attached hydrogens (tertiary/aromatic N) is 2. The zero-order valence-electron chi connectivity index (χ0n) is 30.0. The van der Waals surface area contributed by atoms with Gasteiger partial charge in [-0.15, -0.1) is 11.3 Å². The molecule has 13 rings (SSSR count). The van der Waals surface area contributed by atoms with Crippen molar-refractivity contribution < 1.29 is 4.42 Å².